The number of nitrogens with zero attached hydrogens (tertiary/aromatic N) is 4. The SMILES string of the molecule is Cn1cc(C(=O)N2CCNCC2c2ccccc2)nn1. The van der Waals surface area contributed by atoms with Crippen molar-refractivity contribution in [1.29, 1.82) is 0 Å². The van der Waals surface area contributed by atoms with Crippen molar-refractivity contribution in [3.8, 4) is 0 Å². The van der Waals surface area contributed by atoms with E-state index in [-0.39, 0.29) is 11.9 Å². The van der Waals surface area contributed by atoms with Crippen molar-refractivity contribution in [2.75, 3.05) is 19.6 Å². The lowest BCUT2D eigenvalue weighted by atomic mass is 10.0. The summed E-state index contributed by atoms with van der Waals surface area (Å²) in [6.45, 7) is 2.24. The van der Waals surface area contributed by atoms with Crippen LogP contribution in [0.1, 0.15) is 22.1 Å². The molecule has 1 aromatic heterocycles. The van der Waals surface area contributed by atoms with Crippen LogP contribution >= 0.6 is 0 Å². The Balaban J connectivity index is 1.87. The number of piperazine rings is 1. The Hall–Kier alpha value is -2.21. The van der Waals surface area contributed by atoms with Crippen LogP contribution in [0.15, 0.2) is 36.5 Å². The van der Waals surface area contributed by atoms with Crippen LogP contribution < -0.4 is 5.32 Å². The molecule has 1 N–H and O–H groups in total. The summed E-state index contributed by atoms with van der Waals surface area (Å²) in [5.74, 6) is -0.0616. The number of aryl methyl sites for hydroxylation is 1. The van der Waals surface area contributed by atoms with E-state index in [0.717, 1.165) is 18.7 Å². The second-order valence-corrected chi connectivity index (χ2v) is 4.91. The van der Waals surface area contributed by atoms with E-state index in [1.807, 2.05) is 23.1 Å². The third kappa shape index (κ3) is 2.42. The first-order chi connectivity index (χ1) is 9.75. The minimum atomic E-state index is -0.0616. The first-order valence-electron chi connectivity index (χ1n) is 6.68. The second-order valence-electron chi connectivity index (χ2n) is 4.91. The van der Waals surface area contributed by atoms with E-state index in [1.54, 1.807) is 17.9 Å². The number of benzene rings is 1. The molecular formula is C14H17N5O. The van der Waals surface area contributed by atoms with Gasteiger partial charge in [-0.3, -0.25) is 9.48 Å². The number of carbonyl (C=O) groups excluding carboxylic acids is 1. The van der Waals surface area contributed by atoms with Gasteiger partial charge in [0, 0.05) is 26.7 Å². The fourth-order valence-electron chi connectivity index (χ4n) is 2.51. The zero-order chi connectivity index (χ0) is 13.9. The summed E-state index contributed by atoms with van der Waals surface area (Å²) in [6.07, 6.45) is 1.66. The van der Waals surface area contributed by atoms with Gasteiger partial charge in [-0.05, 0) is 5.56 Å². The molecular weight excluding hydrogens is 254 g/mol. The van der Waals surface area contributed by atoms with Gasteiger partial charge in [-0.2, -0.15) is 0 Å². The maximum Gasteiger partial charge on any atom is 0.276 e. The molecule has 20 heavy (non-hydrogen) atoms. The van der Waals surface area contributed by atoms with Crippen molar-refractivity contribution in [1.82, 2.24) is 25.2 Å². The molecule has 6 nitrogen and oxygen atoms in total. The third-order valence-electron chi connectivity index (χ3n) is 3.51. The summed E-state index contributed by atoms with van der Waals surface area (Å²) < 4.78 is 1.55. The highest BCUT2D eigenvalue weighted by molar-refractivity contribution is 5.92. The van der Waals surface area contributed by atoms with Gasteiger partial charge < -0.3 is 10.2 Å². The molecule has 0 saturated carbocycles. The van der Waals surface area contributed by atoms with Crippen molar-refractivity contribution < 1.29 is 4.79 Å². The van der Waals surface area contributed by atoms with Gasteiger partial charge in [0.2, 0.25) is 0 Å². The van der Waals surface area contributed by atoms with Crippen LogP contribution in [0, 0.1) is 0 Å². The Morgan fingerprint density at radius 3 is 2.85 bits per heavy atom. The highest BCUT2D eigenvalue weighted by atomic mass is 16.2. The fourth-order valence-corrected chi connectivity index (χ4v) is 2.51. The maximum atomic E-state index is 12.6. The Labute approximate surface area is 117 Å². The van der Waals surface area contributed by atoms with Gasteiger partial charge in [-0.25, -0.2) is 0 Å². The molecule has 0 radical (unpaired) electrons. The Bertz CT molecular complexity index is 595. The number of hydrogen-bond acceptors (Lipinski definition) is 4. The van der Waals surface area contributed by atoms with E-state index in [2.05, 4.69) is 27.8 Å². The molecule has 1 fully saturated rings. The van der Waals surface area contributed by atoms with E-state index in [9.17, 15) is 4.79 Å². The lowest BCUT2D eigenvalue weighted by molar-refractivity contribution is 0.0628. The average molecular weight is 271 g/mol. The van der Waals surface area contributed by atoms with Crippen LogP contribution in [0.25, 0.3) is 0 Å². The Kier molecular flexibility index (Phi) is 3.47. The van der Waals surface area contributed by atoms with Gasteiger partial charge >= 0.3 is 0 Å². The molecule has 1 saturated heterocycles. The zero-order valence-electron chi connectivity index (χ0n) is 11.4. The van der Waals surface area contributed by atoms with E-state index in [0.29, 0.717) is 12.2 Å². The molecule has 0 spiro atoms. The normalized spacial score (nSPS) is 19.1. The van der Waals surface area contributed by atoms with Crippen LogP contribution in [0.5, 0.6) is 0 Å². The number of amides is 1. The summed E-state index contributed by atoms with van der Waals surface area (Å²) in [4.78, 5) is 14.4. The number of aromatic nitrogens is 3. The molecule has 104 valence electrons. The molecule has 1 aliphatic heterocycles. The van der Waals surface area contributed by atoms with Gasteiger partial charge in [-0.1, -0.05) is 35.5 Å². The van der Waals surface area contributed by atoms with E-state index < -0.39 is 0 Å². The van der Waals surface area contributed by atoms with Gasteiger partial charge in [-0.15, -0.1) is 5.10 Å². The smallest absolute Gasteiger partial charge is 0.276 e. The summed E-state index contributed by atoms with van der Waals surface area (Å²) in [7, 11) is 1.76. The predicted octanol–water partition coefficient (Wildman–Crippen LogP) is 0.602. The Morgan fingerprint density at radius 2 is 2.15 bits per heavy atom. The zero-order valence-corrected chi connectivity index (χ0v) is 11.4. The van der Waals surface area contributed by atoms with Crippen molar-refractivity contribution in [2.24, 2.45) is 7.05 Å². The van der Waals surface area contributed by atoms with Gasteiger partial charge in [0.25, 0.3) is 5.91 Å². The average Bonchev–Trinajstić information content (AvgIpc) is 2.94. The molecule has 2 aromatic rings. The second kappa shape index (κ2) is 5.42. The minimum Gasteiger partial charge on any atom is -0.328 e. The van der Waals surface area contributed by atoms with Gasteiger partial charge in [0.1, 0.15) is 0 Å². The summed E-state index contributed by atoms with van der Waals surface area (Å²) in [6, 6.07) is 10.1. The largest absolute Gasteiger partial charge is 0.328 e. The van der Waals surface area contributed by atoms with Crippen LogP contribution in [0.3, 0.4) is 0 Å². The molecule has 1 atom stereocenters. The fraction of sp³-hybridized carbons (Fsp3) is 0.357. The summed E-state index contributed by atoms with van der Waals surface area (Å²) in [5.41, 5.74) is 1.53. The quantitative estimate of drug-likeness (QED) is 0.869. The van der Waals surface area contributed by atoms with Gasteiger partial charge in [0.15, 0.2) is 5.69 Å². The van der Waals surface area contributed by atoms with Crippen molar-refractivity contribution in [2.45, 2.75) is 6.04 Å². The number of nitrogens with one attached hydrogen (secondary N) is 1. The lowest BCUT2D eigenvalue weighted by Crippen LogP contribution is -2.48. The molecule has 1 amide bonds. The monoisotopic (exact) mass is 271 g/mol. The Morgan fingerprint density at radius 1 is 1.35 bits per heavy atom. The molecule has 1 unspecified atom stereocenters. The molecule has 1 aliphatic rings. The highest BCUT2D eigenvalue weighted by Gasteiger charge is 2.29. The predicted molar refractivity (Wildman–Crippen MR) is 74.1 cm³/mol. The van der Waals surface area contributed by atoms with E-state index in [1.165, 1.54) is 0 Å². The molecule has 6 heteroatoms. The highest BCUT2D eigenvalue weighted by Crippen LogP contribution is 2.23. The van der Waals surface area contributed by atoms with Gasteiger partial charge in [0.05, 0.1) is 12.2 Å². The molecule has 0 aliphatic carbocycles. The van der Waals surface area contributed by atoms with Crippen LogP contribution in [0.4, 0.5) is 0 Å². The molecule has 0 bridgehead atoms. The topological polar surface area (TPSA) is 63.1 Å². The number of carbonyl (C=O) groups is 1. The maximum absolute atomic E-state index is 12.6. The van der Waals surface area contributed by atoms with Crippen molar-refractivity contribution >= 4 is 5.91 Å². The third-order valence-corrected chi connectivity index (χ3v) is 3.51. The first kappa shape index (κ1) is 12.8. The van der Waals surface area contributed by atoms with E-state index in [4.69, 9.17) is 0 Å². The van der Waals surface area contributed by atoms with Crippen molar-refractivity contribution in [3.63, 3.8) is 0 Å². The lowest BCUT2D eigenvalue weighted by Gasteiger charge is -2.36. The minimum absolute atomic E-state index is 0.0412. The molecule has 3 rings (SSSR count). The van der Waals surface area contributed by atoms with Crippen molar-refractivity contribution in [3.05, 3.63) is 47.8 Å². The van der Waals surface area contributed by atoms with Crippen LogP contribution in [-0.2, 0) is 7.05 Å². The van der Waals surface area contributed by atoms with E-state index >= 15 is 0 Å². The first-order valence-corrected chi connectivity index (χ1v) is 6.68. The standard InChI is InChI=1S/C14H17N5O/c1-18-10-12(16-17-18)14(20)19-8-7-15-9-13(19)11-5-3-2-4-6-11/h2-6,10,13,15H,7-9H2,1H3. The number of hydrogen-bond donors (Lipinski definition) is 1. The molecule has 1 aromatic carbocycles. The van der Waals surface area contributed by atoms with Crippen LogP contribution in [0.2, 0.25) is 0 Å². The molecule has 2 heterocycles. The summed E-state index contributed by atoms with van der Waals surface area (Å²) in [5, 5.41) is 11.1. The summed E-state index contributed by atoms with van der Waals surface area (Å²) >= 11 is 0. The van der Waals surface area contributed by atoms with Crippen LogP contribution in [-0.4, -0.2) is 45.4 Å². The number of rotatable bonds is 2.